The van der Waals surface area contributed by atoms with E-state index in [0.29, 0.717) is 17.5 Å². The first-order valence-corrected chi connectivity index (χ1v) is 7.84. The Hall–Kier alpha value is -0.540. The quantitative estimate of drug-likeness (QED) is 0.840. The lowest BCUT2D eigenvalue weighted by molar-refractivity contribution is 0.239. The zero-order valence-corrected chi connectivity index (χ0v) is 14.2. The molecule has 0 saturated carbocycles. The second-order valence-corrected chi connectivity index (χ2v) is 7.62. The van der Waals surface area contributed by atoms with Gasteiger partial charge in [0.1, 0.15) is 0 Å². The Balaban J connectivity index is 2.23. The van der Waals surface area contributed by atoms with Gasteiger partial charge in [-0.25, -0.2) is 0 Å². The van der Waals surface area contributed by atoms with Gasteiger partial charge in [0.15, 0.2) is 0 Å². The molecule has 1 aromatic carbocycles. The lowest BCUT2D eigenvalue weighted by atomic mass is 9.84. The summed E-state index contributed by atoms with van der Waals surface area (Å²) in [5.74, 6) is 0. The summed E-state index contributed by atoms with van der Waals surface area (Å²) in [7, 11) is 0. The fraction of sp³-hybridized carbons (Fsp3) is 0.625. The Kier molecular flexibility index (Phi) is 4.26. The van der Waals surface area contributed by atoms with Crippen LogP contribution in [0, 0.1) is 12.3 Å². The molecular formula is C16H25BrN2. The first-order chi connectivity index (χ1) is 8.79. The molecule has 1 aliphatic heterocycles. The Morgan fingerprint density at radius 2 is 2.00 bits per heavy atom. The Labute approximate surface area is 125 Å². The SMILES string of the molecule is Cc1cc(N2CC(C(C)(C)C)NCC2C)ccc1Br. The molecule has 1 fully saturated rings. The highest BCUT2D eigenvalue weighted by Crippen LogP contribution is 2.29. The largest absolute Gasteiger partial charge is 0.366 e. The molecule has 2 nitrogen and oxygen atoms in total. The lowest BCUT2D eigenvalue weighted by Crippen LogP contribution is -2.59. The van der Waals surface area contributed by atoms with Gasteiger partial charge >= 0.3 is 0 Å². The predicted octanol–water partition coefficient (Wildman–Crippen LogP) is 3.97. The molecule has 0 aromatic heterocycles. The number of anilines is 1. The number of piperazine rings is 1. The van der Waals surface area contributed by atoms with Gasteiger partial charge in [-0.2, -0.15) is 0 Å². The molecule has 1 N–H and O–H groups in total. The number of nitrogens with one attached hydrogen (secondary N) is 1. The summed E-state index contributed by atoms with van der Waals surface area (Å²) >= 11 is 3.58. The van der Waals surface area contributed by atoms with Gasteiger partial charge in [0, 0.05) is 35.3 Å². The summed E-state index contributed by atoms with van der Waals surface area (Å²) in [5, 5.41) is 3.68. The third-order valence-corrected chi connectivity index (χ3v) is 4.98. The lowest BCUT2D eigenvalue weighted by Gasteiger charge is -2.45. The van der Waals surface area contributed by atoms with Crippen LogP contribution in [0.5, 0.6) is 0 Å². The monoisotopic (exact) mass is 324 g/mol. The van der Waals surface area contributed by atoms with Gasteiger partial charge < -0.3 is 10.2 Å². The number of hydrogen-bond donors (Lipinski definition) is 1. The van der Waals surface area contributed by atoms with Crippen LogP contribution in [0.3, 0.4) is 0 Å². The van der Waals surface area contributed by atoms with Crippen LogP contribution in [0.1, 0.15) is 33.3 Å². The van der Waals surface area contributed by atoms with Crippen LogP contribution >= 0.6 is 15.9 Å². The van der Waals surface area contributed by atoms with Gasteiger partial charge in [-0.05, 0) is 43.0 Å². The second-order valence-electron chi connectivity index (χ2n) is 6.76. The first kappa shape index (κ1) is 14.9. The maximum absolute atomic E-state index is 3.68. The van der Waals surface area contributed by atoms with Crippen LogP contribution in [-0.4, -0.2) is 25.2 Å². The maximum atomic E-state index is 3.68. The number of nitrogens with zero attached hydrogens (tertiary/aromatic N) is 1. The van der Waals surface area contributed by atoms with Crippen LogP contribution < -0.4 is 10.2 Å². The second kappa shape index (κ2) is 5.45. The van der Waals surface area contributed by atoms with Crippen molar-refractivity contribution in [1.29, 1.82) is 0 Å². The smallest absolute Gasteiger partial charge is 0.0387 e. The topological polar surface area (TPSA) is 15.3 Å². The molecule has 106 valence electrons. The highest BCUT2D eigenvalue weighted by Gasteiger charge is 2.32. The Morgan fingerprint density at radius 1 is 1.32 bits per heavy atom. The van der Waals surface area contributed by atoms with Crippen LogP contribution in [0.2, 0.25) is 0 Å². The van der Waals surface area contributed by atoms with Crippen molar-refractivity contribution < 1.29 is 0 Å². The number of halogens is 1. The Morgan fingerprint density at radius 3 is 2.58 bits per heavy atom. The van der Waals surface area contributed by atoms with E-state index in [1.165, 1.54) is 15.7 Å². The van der Waals surface area contributed by atoms with Gasteiger partial charge in [0.05, 0.1) is 0 Å². The molecule has 0 spiro atoms. The molecule has 2 rings (SSSR count). The highest BCUT2D eigenvalue weighted by molar-refractivity contribution is 9.10. The van der Waals surface area contributed by atoms with E-state index in [0.717, 1.165) is 13.1 Å². The summed E-state index contributed by atoms with van der Waals surface area (Å²) in [4.78, 5) is 2.53. The summed E-state index contributed by atoms with van der Waals surface area (Å²) in [6.07, 6.45) is 0. The summed E-state index contributed by atoms with van der Waals surface area (Å²) in [6.45, 7) is 13.5. The summed E-state index contributed by atoms with van der Waals surface area (Å²) in [5.41, 5.74) is 2.93. The molecular weight excluding hydrogens is 300 g/mol. The number of hydrogen-bond acceptors (Lipinski definition) is 2. The highest BCUT2D eigenvalue weighted by atomic mass is 79.9. The van der Waals surface area contributed by atoms with E-state index >= 15 is 0 Å². The van der Waals surface area contributed by atoms with E-state index in [4.69, 9.17) is 0 Å². The Bertz CT molecular complexity index is 451. The first-order valence-electron chi connectivity index (χ1n) is 7.05. The van der Waals surface area contributed by atoms with Crippen LogP contribution in [0.4, 0.5) is 5.69 Å². The van der Waals surface area contributed by atoms with Crippen molar-refractivity contribution in [2.45, 2.75) is 46.7 Å². The molecule has 1 aliphatic rings. The zero-order valence-electron chi connectivity index (χ0n) is 12.6. The summed E-state index contributed by atoms with van der Waals surface area (Å²) in [6, 6.07) is 7.74. The third kappa shape index (κ3) is 3.32. The van der Waals surface area contributed by atoms with Crippen molar-refractivity contribution in [3.8, 4) is 0 Å². The maximum Gasteiger partial charge on any atom is 0.0387 e. The molecule has 2 atom stereocenters. The zero-order chi connectivity index (χ0) is 14.2. The average molecular weight is 325 g/mol. The number of benzene rings is 1. The van der Waals surface area contributed by atoms with Crippen LogP contribution in [0.15, 0.2) is 22.7 Å². The minimum Gasteiger partial charge on any atom is -0.366 e. The van der Waals surface area contributed by atoms with Gasteiger partial charge in [0.2, 0.25) is 0 Å². The van der Waals surface area contributed by atoms with Crippen molar-refractivity contribution >= 4 is 21.6 Å². The standard InChI is InChI=1S/C16H25BrN2/c1-11-8-13(6-7-14(11)17)19-10-15(16(3,4)5)18-9-12(19)2/h6-8,12,15,18H,9-10H2,1-5H3. The van der Waals surface area contributed by atoms with E-state index in [1.807, 2.05) is 0 Å². The van der Waals surface area contributed by atoms with E-state index < -0.39 is 0 Å². The number of rotatable bonds is 1. The van der Waals surface area contributed by atoms with Gasteiger partial charge in [0.25, 0.3) is 0 Å². The van der Waals surface area contributed by atoms with Gasteiger partial charge in [-0.15, -0.1) is 0 Å². The third-order valence-electron chi connectivity index (χ3n) is 4.09. The minimum absolute atomic E-state index is 0.294. The fourth-order valence-electron chi connectivity index (χ4n) is 2.61. The van der Waals surface area contributed by atoms with Gasteiger partial charge in [-0.3, -0.25) is 0 Å². The van der Waals surface area contributed by atoms with E-state index in [2.05, 4.69) is 79.0 Å². The predicted molar refractivity (Wildman–Crippen MR) is 86.9 cm³/mol. The molecule has 0 bridgehead atoms. The summed E-state index contributed by atoms with van der Waals surface area (Å²) < 4.78 is 1.19. The van der Waals surface area contributed by atoms with Crippen LogP contribution in [-0.2, 0) is 0 Å². The molecule has 1 aromatic rings. The van der Waals surface area contributed by atoms with E-state index in [1.54, 1.807) is 0 Å². The molecule has 0 radical (unpaired) electrons. The van der Waals surface area contributed by atoms with Crippen molar-refractivity contribution in [3.05, 3.63) is 28.2 Å². The van der Waals surface area contributed by atoms with Crippen molar-refractivity contribution in [3.63, 3.8) is 0 Å². The molecule has 1 heterocycles. The number of aryl methyl sites for hydroxylation is 1. The molecule has 3 heteroatoms. The van der Waals surface area contributed by atoms with Gasteiger partial charge in [-0.1, -0.05) is 36.7 Å². The van der Waals surface area contributed by atoms with Crippen molar-refractivity contribution in [2.75, 3.05) is 18.0 Å². The molecule has 0 amide bonds. The van der Waals surface area contributed by atoms with Crippen molar-refractivity contribution in [2.24, 2.45) is 5.41 Å². The minimum atomic E-state index is 0.294. The van der Waals surface area contributed by atoms with Crippen molar-refractivity contribution in [1.82, 2.24) is 5.32 Å². The van der Waals surface area contributed by atoms with E-state index in [9.17, 15) is 0 Å². The van der Waals surface area contributed by atoms with Crippen LogP contribution in [0.25, 0.3) is 0 Å². The molecule has 19 heavy (non-hydrogen) atoms. The molecule has 2 unspecified atom stereocenters. The van der Waals surface area contributed by atoms with E-state index in [-0.39, 0.29) is 0 Å². The average Bonchev–Trinajstić information content (AvgIpc) is 2.32. The fourth-order valence-corrected chi connectivity index (χ4v) is 2.86. The molecule has 0 aliphatic carbocycles. The molecule has 1 saturated heterocycles. The normalized spacial score (nSPS) is 24.6.